The third-order valence-electron chi connectivity index (χ3n) is 3.42. The molecule has 0 aliphatic carbocycles. The molecule has 0 unspecified atom stereocenters. The van der Waals surface area contributed by atoms with Gasteiger partial charge < -0.3 is 5.32 Å². The van der Waals surface area contributed by atoms with Crippen LogP contribution in [0.5, 0.6) is 0 Å². The van der Waals surface area contributed by atoms with Crippen molar-refractivity contribution in [2.24, 2.45) is 7.05 Å². The van der Waals surface area contributed by atoms with Gasteiger partial charge in [0.25, 0.3) is 5.91 Å². The van der Waals surface area contributed by atoms with Crippen LogP contribution in [0.4, 0.5) is 0 Å². The first kappa shape index (κ1) is 14.3. The first-order valence-electron chi connectivity index (χ1n) is 6.77. The van der Waals surface area contributed by atoms with Gasteiger partial charge in [-0.2, -0.15) is 10.2 Å². The lowest BCUT2D eigenvalue weighted by Gasteiger charge is -2.06. The van der Waals surface area contributed by atoms with Gasteiger partial charge in [0.15, 0.2) is 0 Å². The van der Waals surface area contributed by atoms with Gasteiger partial charge in [-0.25, -0.2) is 0 Å². The molecule has 0 aliphatic rings. The molecule has 0 bridgehead atoms. The molecule has 1 N–H and O–H groups in total. The Bertz CT molecular complexity index is 611. The molecule has 0 fully saturated rings. The SMILES string of the molecule is Cc1cc(C)n(CCCNC(=O)c2cnn(C)c2C)n1. The number of amides is 1. The van der Waals surface area contributed by atoms with Crippen molar-refractivity contribution in [3.05, 3.63) is 34.9 Å². The fraction of sp³-hybridized carbons (Fsp3) is 0.500. The molecule has 2 aromatic heterocycles. The number of rotatable bonds is 5. The zero-order valence-corrected chi connectivity index (χ0v) is 12.5. The third-order valence-corrected chi connectivity index (χ3v) is 3.42. The Labute approximate surface area is 118 Å². The lowest BCUT2D eigenvalue weighted by Crippen LogP contribution is -2.25. The van der Waals surface area contributed by atoms with Crippen LogP contribution in [-0.2, 0) is 13.6 Å². The summed E-state index contributed by atoms with van der Waals surface area (Å²) in [4.78, 5) is 12.0. The van der Waals surface area contributed by atoms with Gasteiger partial charge in [-0.05, 0) is 33.3 Å². The lowest BCUT2D eigenvalue weighted by molar-refractivity contribution is 0.0952. The second-order valence-corrected chi connectivity index (χ2v) is 5.03. The zero-order chi connectivity index (χ0) is 14.7. The van der Waals surface area contributed by atoms with E-state index in [1.54, 1.807) is 10.9 Å². The van der Waals surface area contributed by atoms with Gasteiger partial charge in [0.1, 0.15) is 0 Å². The minimum absolute atomic E-state index is 0.0658. The average molecular weight is 275 g/mol. The van der Waals surface area contributed by atoms with Crippen LogP contribution < -0.4 is 5.32 Å². The maximum Gasteiger partial charge on any atom is 0.254 e. The van der Waals surface area contributed by atoms with Crippen molar-refractivity contribution < 1.29 is 4.79 Å². The summed E-state index contributed by atoms with van der Waals surface area (Å²) in [5.74, 6) is -0.0658. The average Bonchev–Trinajstić information content (AvgIpc) is 2.89. The minimum atomic E-state index is -0.0658. The minimum Gasteiger partial charge on any atom is -0.352 e. The number of aromatic nitrogens is 4. The number of nitrogens with zero attached hydrogens (tertiary/aromatic N) is 4. The van der Waals surface area contributed by atoms with Crippen molar-refractivity contribution in [2.45, 2.75) is 33.7 Å². The molecule has 6 nitrogen and oxygen atoms in total. The molecule has 108 valence electrons. The monoisotopic (exact) mass is 275 g/mol. The van der Waals surface area contributed by atoms with Crippen molar-refractivity contribution >= 4 is 5.91 Å². The molecule has 0 spiro atoms. The van der Waals surface area contributed by atoms with Gasteiger partial charge in [-0.15, -0.1) is 0 Å². The summed E-state index contributed by atoms with van der Waals surface area (Å²) >= 11 is 0. The number of hydrogen-bond acceptors (Lipinski definition) is 3. The molecule has 0 atom stereocenters. The van der Waals surface area contributed by atoms with Crippen molar-refractivity contribution in [1.82, 2.24) is 24.9 Å². The summed E-state index contributed by atoms with van der Waals surface area (Å²) in [5, 5.41) is 11.4. The second kappa shape index (κ2) is 5.90. The highest BCUT2D eigenvalue weighted by atomic mass is 16.1. The maximum atomic E-state index is 12.0. The quantitative estimate of drug-likeness (QED) is 0.838. The molecule has 1 amide bonds. The van der Waals surface area contributed by atoms with Crippen molar-refractivity contribution in [1.29, 1.82) is 0 Å². The van der Waals surface area contributed by atoms with E-state index in [0.29, 0.717) is 12.1 Å². The van der Waals surface area contributed by atoms with Crippen LogP contribution in [0.3, 0.4) is 0 Å². The molecule has 2 rings (SSSR count). The Kier molecular flexibility index (Phi) is 4.22. The largest absolute Gasteiger partial charge is 0.352 e. The van der Waals surface area contributed by atoms with E-state index in [0.717, 1.165) is 30.0 Å². The van der Waals surface area contributed by atoms with Crippen molar-refractivity contribution in [2.75, 3.05) is 6.54 Å². The molecule has 0 radical (unpaired) electrons. The van der Waals surface area contributed by atoms with Crippen LogP contribution in [0.15, 0.2) is 12.3 Å². The Balaban J connectivity index is 1.80. The van der Waals surface area contributed by atoms with E-state index in [1.807, 2.05) is 32.5 Å². The molecule has 0 saturated carbocycles. The van der Waals surface area contributed by atoms with E-state index in [-0.39, 0.29) is 5.91 Å². The first-order valence-corrected chi connectivity index (χ1v) is 6.77. The van der Waals surface area contributed by atoms with Crippen LogP contribution in [0.1, 0.15) is 33.9 Å². The lowest BCUT2D eigenvalue weighted by atomic mass is 10.2. The number of aryl methyl sites for hydroxylation is 4. The number of carbonyl (C=O) groups is 1. The van der Waals surface area contributed by atoms with E-state index in [1.165, 1.54) is 0 Å². The van der Waals surface area contributed by atoms with E-state index in [9.17, 15) is 4.79 Å². The highest BCUT2D eigenvalue weighted by Gasteiger charge is 2.11. The van der Waals surface area contributed by atoms with Gasteiger partial charge in [0.05, 0.1) is 17.5 Å². The Morgan fingerprint density at radius 3 is 2.65 bits per heavy atom. The molecular weight excluding hydrogens is 254 g/mol. The van der Waals surface area contributed by atoms with Crippen LogP contribution >= 0.6 is 0 Å². The zero-order valence-electron chi connectivity index (χ0n) is 12.5. The summed E-state index contributed by atoms with van der Waals surface area (Å²) in [7, 11) is 1.83. The predicted molar refractivity (Wildman–Crippen MR) is 76.6 cm³/mol. The fourth-order valence-electron chi connectivity index (χ4n) is 2.15. The number of hydrogen-bond donors (Lipinski definition) is 1. The Morgan fingerprint density at radius 1 is 1.35 bits per heavy atom. The summed E-state index contributed by atoms with van der Waals surface area (Å²) < 4.78 is 3.67. The van der Waals surface area contributed by atoms with Crippen LogP contribution in [0.2, 0.25) is 0 Å². The molecule has 2 heterocycles. The second-order valence-electron chi connectivity index (χ2n) is 5.03. The highest BCUT2D eigenvalue weighted by Crippen LogP contribution is 2.05. The number of nitrogens with one attached hydrogen (secondary N) is 1. The Hall–Kier alpha value is -2.11. The van der Waals surface area contributed by atoms with Gasteiger partial charge in [0, 0.05) is 31.5 Å². The van der Waals surface area contributed by atoms with E-state index < -0.39 is 0 Å². The number of carbonyl (C=O) groups excluding carboxylic acids is 1. The molecule has 0 aromatic carbocycles. The van der Waals surface area contributed by atoms with Crippen molar-refractivity contribution in [3.8, 4) is 0 Å². The summed E-state index contributed by atoms with van der Waals surface area (Å²) in [6, 6.07) is 2.05. The van der Waals surface area contributed by atoms with Gasteiger partial charge in [-0.3, -0.25) is 14.2 Å². The molecule has 0 saturated heterocycles. The van der Waals surface area contributed by atoms with Gasteiger partial charge >= 0.3 is 0 Å². The van der Waals surface area contributed by atoms with E-state index >= 15 is 0 Å². The van der Waals surface area contributed by atoms with E-state index in [4.69, 9.17) is 0 Å². The topological polar surface area (TPSA) is 64.7 Å². The molecule has 6 heteroatoms. The first-order chi connectivity index (χ1) is 9.49. The molecule has 2 aromatic rings. The molecule has 0 aliphatic heterocycles. The van der Waals surface area contributed by atoms with Crippen molar-refractivity contribution in [3.63, 3.8) is 0 Å². The predicted octanol–water partition coefficient (Wildman–Crippen LogP) is 1.36. The summed E-state index contributed by atoms with van der Waals surface area (Å²) in [6.45, 7) is 7.35. The van der Waals surface area contributed by atoms with Gasteiger partial charge in [-0.1, -0.05) is 0 Å². The maximum absolute atomic E-state index is 12.0. The molecular formula is C14H21N5O. The fourth-order valence-corrected chi connectivity index (χ4v) is 2.15. The summed E-state index contributed by atoms with van der Waals surface area (Å²) in [5.41, 5.74) is 3.69. The van der Waals surface area contributed by atoms with Crippen LogP contribution in [0, 0.1) is 20.8 Å². The Morgan fingerprint density at radius 2 is 2.10 bits per heavy atom. The summed E-state index contributed by atoms with van der Waals surface area (Å²) in [6.07, 6.45) is 2.46. The van der Waals surface area contributed by atoms with Gasteiger partial charge in [0.2, 0.25) is 0 Å². The highest BCUT2D eigenvalue weighted by molar-refractivity contribution is 5.94. The van der Waals surface area contributed by atoms with E-state index in [2.05, 4.69) is 21.6 Å². The normalized spacial score (nSPS) is 10.8. The molecule has 20 heavy (non-hydrogen) atoms. The third kappa shape index (κ3) is 3.07. The standard InChI is InChI=1S/C14H21N5O/c1-10-8-11(2)19(17-10)7-5-6-15-14(20)13-9-16-18(4)12(13)3/h8-9H,5-7H2,1-4H3,(H,15,20). The van der Waals surface area contributed by atoms with Crippen LogP contribution in [-0.4, -0.2) is 32.0 Å². The van der Waals surface area contributed by atoms with Crippen LogP contribution in [0.25, 0.3) is 0 Å². The smallest absolute Gasteiger partial charge is 0.254 e.